The molecule has 1 aromatic carbocycles. The highest BCUT2D eigenvalue weighted by molar-refractivity contribution is 6.04. The minimum atomic E-state index is -0.987. The second kappa shape index (κ2) is 7.44. The molecule has 4 nitrogen and oxygen atoms in total. The van der Waals surface area contributed by atoms with Crippen molar-refractivity contribution in [3.8, 4) is 0 Å². The van der Waals surface area contributed by atoms with Crippen molar-refractivity contribution in [2.45, 2.75) is 52.2 Å². The molecule has 0 spiro atoms. The Hall–Kier alpha value is -2.10. The average Bonchev–Trinajstić information content (AvgIpc) is 2.79. The Morgan fingerprint density at radius 3 is 2.65 bits per heavy atom. The van der Waals surface area contributed by atoms with Gasteiger partial charge in [-0.25, -0.2) is 0 Å². The summed E-state index contributed by atoms with van der Waals surface area (Å²) in [5.41, 5.74) is 0.242. The van der Waals surface area contributed by atoms with Crippen molar-refractivity contribution in [1.82, 2.24) is 5.32 Å². The fourth-order valence-corrected chi connectivity index (χ4v) is 2.93. The normalized spacial score (nSPS) is 23.7. The van der Waals surface area contributed by atoms with Crippen LogP contribution in [0.25, 0.3) is 0 Å². The van der Waals surface area contributed by atoms with E-state index < -0.39 is 5.41 Å². The molecule has 1 amide bonds. The van der Waals surface area contributed by atoms with Crippen molar-refractivity contribution >= 4 is 11.9 Å². The highest BCUT2D eigenvalue weighted by atomic mass is 16.5. The Labute approximate surface area is 137 Å². The molecule has 0 saturated carbocycles. The van der Waals surface area contributed by atoms with Crippen LogP contribution in [0.4, 0.5) is 0 Å². The van der Waals surface area contributed by atoms with Crippen LogP contribution in [0, 0.1) is 5.41 Å². The van der Waals surface area contributed by atoms with E-state index in [-0.39, 0.29) is 24.5 Å². The lowest BCUT2D eigenvalue weighted by Crippen LogP contribution is -2.42. The summed E-state index contributed by atoms with van der Waals surface area (Å²) in [6.07, 6.45) is 3.90. The highest BCUT2D eigenvalue weighted by Crippen LogP contribution is 2.39. The standard InChI is InChI=1S/C19H25NO3/c1-4-5-7-12-16-19(3,14(2)17(21)20-16)18(22)23-13-15-10-8-6-9-11-15/h6,8-11,16H,2,4-5,7,12-13H2,1,3H3,(H,20,21)/t16-,19-/m0/s1. The second-order valence-electron chi connectivity index (χ2n) is 6.26. The van der Waals surface area contributed by atoms with Gasteiger partial charge in [-0.15, -0.1) is 0 Å². The second-order valence-corrected chi connectivity index (χ2v) is 6.26. The van der Waals surface area contributed by atoms with Gasteiger partial charge in [-0.2, -0.15) is 0 Å². The van der Waals surface area contributed by atoms with Gasteiger partial charge in [-0.05, 0) is 18.9 Å². The molecule has 4 heteroatoms. The number of unbranched alkanes of at least 4 members (excludes halogenated alkanes) is 2. The topological polar surface area (TPSA) is 55.4 Å². The molecule has 1 saturated heterocycles. The fourth-order valence-electron chi connectivity index (χ4n) is 2.93. The van der Waals surface area contributed by atoms with E-state index in [0.717, 1.165) is 31.2 Å². The molecule has 0 aromatic heterocycles. The largest absolute Gasteiger partial charge is 0.460 e. The summed E-state index contributed by atoms with van der Waals surface area (Å²) in [5, 5.41) is 2.89. The third kappa shape index (κ3) is 3.63. The Morgan fingerprint density at radius 1 is 1.30 bits per heavy atom. The lowest BCUT2D eigenvalue weighted by Gasteiger charge is -2.28. The molecule has 1 fully saturated rings. The summed E-state index contributed by atoms with van der Waals surface area (Å²) in [5.74, 6) is -0.628. The fraction of sp³-hybridized carbons (Fsp3) is 0.474. The minimum Gasteiger partial charge on any atom is -0.460 e. The van der Waals surface area contributed by atoms with Crippen LogP contribution in [0.15, 0.2) is 42.5 Å². The number of esters is 1. The van der Waals surface area contributed by atoms with Crippen molar-refractivity contribution < 1.29 is 14.3 Å². The first kappa shape index (κ1) is 17.3. The summed E-state index contributed by atoms with van der Waals surface area (Å²) < 4.78 is 5.48. The third-order valence-corrected chi connectivity index (χ3v) is 4.64. The van der Waals surface area contributed by atoms with Gasteiger partial charge in [0.15, 0.2) is 0 Å². The van der Waals surface area contributed by atoms with Crippen LogP contribution in [-0.2, 0) is 20.9 Å². The zero-order valence-electron chi connectivity index (χ0n) is 13.9. The molecule has 0 unspecified atom stereocenters. The minimum absolute atomic E-state index is 0.207. The smallest absolute Gasteiger partial charge is 0.318 e. The zero-order chi connectivity index (χ0) is 16.9. The molecule has 1 aliphatic rings. The number of rotatable bonds is 7. The van der Waals surface area contributed by atoms with E-state index in [1.54, 1.807) is 6.92 Å². The molecule has 23 heavy (non-hydrogen) atoms. The highest BCUT2D eigenvalue weighted by Gasteiger charge is 2.52. The van der Waals surface area contributed by atoms with Gasteiger partial charge in [-0.3, -0.25) is 9.59 Å². The number of ether oxygens (including phenoxy) is 1. The van der Waals surface area contributed by atoms with Gasteiger partial charge in [0.25, 0.3) is 0 Å². The number of nitrogens with one attached hydrogen (secondary N) is 1. The van der Waals surface area contributed by atoms with Crippen LogP contribution in [0.5, 0.6) is 0 Å². The van der Waals surface area contributed by atoms with Crippen molar-refractivity contribution in [3.63, 3.8) is 0 Å². The van der Waals surface area contributed by atoms with E-state index in [1.165, 1.54) is 0 Å². The molecule has 0 bridgehead atoms. The van der Waals surface area contributed by atoms with Crippen molar-refractivity contribution in [3.05, 3.63) is 48.0 Å². The SMILES string of the molecule is C=C1C(=O)N[C@@H](CCCCC)[C@@]1(C)C(=O)OCc1ccccc1. The maximum Gasteiger partial charge on any atom is 0.318 e. The van der Waals surface area contributed by atoms with Crippen LogP contribution in [-0.4, -0.2) is 17.9 Å². The summed E-state index contributed by atoms with van der Waals surface area (Å²) in [4.78, 5) is 24.7. The molecule has 1 aromatic rings. The van der Waals surface area contributed by atoms with Crippen molar-refractivity contribution in [1.29, 1.82) is 0 Å². The Morgan fingerprint density at radius 2 is 2.00 bits per heavy atom. The van der Waals surface area contributed by atoms with Gasteiger partial charge in [0.1, 0.15) is 12.0 Å². The maximum atomic E-state index is 12.7. The average molecular weight is 315 g/mol. The Balaban J connectivity index is 2.06. The summed E-state index contributed by atoms with van der Waals surface area (Å²) >= 11 is 0. The number of benzene rings is 1. The third-order valence-electron chi connectivity index (χ3n) is 4.64. The first-order valence-electron chi connectivity index (χ1n) is 8.21. The van der Waals surface area contributed by atoms with Gasteiger partial charge in [-0.1, -0.05) is 63.1 Å². The quantitative estimate of drug-likeness (QED) is 0.477. The Bertz CT molecular complexity index is 582. The van der Waals surface area contributed by atoms with E-state index in [2.05, 4.69) is 18.8 Å². The van der Waals surface area contributed by atoms with Gasteiger partial charge in [0, 0.05) is 11.6 Å². The Kier molecular flexibility index (Phi) is 5.59. The van der Waals surface area contributed by atoms with Gasteiger partial charge >= 0.3 is 5.97 Å². The summed E-state index contributed by atoms with van der Waals surface area (Å²) in [7, 11) is 0. The van der Waals surface area contributed by atoms with Crippen molar-refractivity contribution in [2.75, 3.05) is 0 Å². The lowest BCUT2D eigenvalue weighted by atomic mass is 9.77. The molecule has 1 aliphatic heterocycles. The van der Waals surface area contributed by atoms with Crippen LogP contribution >= 0.6 is 0 Å². The van der Waals surface area contributed by atoms with Gasteiger partial charge in [0.05, 0.1) is 0 Å². The van der Waals surface area contributed by atoms with E-state index >= 15 is 0 Å². The number of hydrogen-bond donors (Lipinski definition) is 1. The number of hydrogen-bond acceptors (Lipinski definition) is 3. The molecule has 2 atom stereocenters. The van der Waals surface area contributed by atoms with E-state index in [9.17, 15) is 9.59 Å². The van der Waals surface area contributed by atoms with Crippen LogP contribution in [0.2, 0.25) is 0 Å². The molecule has 0 radical (unpaired) electrons. The molecule has 0 aliphatic carbocycles. The van der Waals surface area contributed by atoms with Crippen molar-refractivity contribution in [2.24, 2.45) is 5.41 Å². The summed E-state index contributed by atoms with van der Waals surface area (Å²) in [6.45, 7) is 7.92. The van der Waals surface area contributed by atoms with E-state index in [0.29, 0.717) is 5.57 Å². The summed E-state index contributed by atoms with van der Waals surface area (Å²) in [6, 6.07) is 9.29. The monoisotopic (exact) mass is 315 g/mol. The van der Waals surface area contributed by atoms with Crippen LogP contribution < -0.4 is 5.32 Å². The molecular formula is C19H25NO3. The number of carbonyl (C=O) groups is 2. The van der Waals surface area contributed by atoms with E-state index in [1.807, 2.05) is 30.3 Å². The molecule has 1 N–H and O–H groups in total. The zero-order valence-corrected chi connectivity index (χ0v) is 13.9. The first-order chi connectivity index (χ1) is 11.0. The number of amides is 1. The predicted molar refractivity (Wildman–Crippen MR) is 89.6 cm³/mol. The molecule has 124 valence electrons. The van der Waals surface area contributed by atoms with Gasteiger partial charge in [0.2, 0.25) is 5.91 Å². The number of carbonyl (C=O) groups excluding carboxylic acids is 2. The van der Waals surface area contributed by atoms with Gasteiger partial charge < -0.3 is 10.1 Å². The van der Waals surface area contributed by atoms with Crippen LogP contribution in [0.3, 0.4) is 0 Å². The molecule has 1 heterocycles. The lowest BCUT2D eigenvalue weighted by molar-refractivity contribution is -0.154. The molecular weight excluding hydrogens is 290 g/mol. The first-order valence-corrected chi connectivity index (χ1v) is 8.21. The molecule has 2 rings (SSSR count). The van der Waals surface area contributed by atoms with E-state index in [4.69, 9.17) is 4.74 Å². The predicted octanol–water partition coefficient (Wildman–Crippen LogP) is 3.37. The maximum absolute atomic E-state index is 12.7. The van der Waals surface area contributed by atoms with Crippen LogP contribution in [0.1, 0.15) is 45.1 Å².